The van der Waals surface area contributed by atoms with Crippen LogP contribution in [0, 0.1) is 6.92 Å². The molecule has 0 aliphatic carbocycles. The van der Waals surface area contributed by atoms with Crippen LogP contribution in [0.5, 0.6) is 0 Å². The molecule has 0 fully saturated rings. The highest BCUT2D eigenvalue weighted by Crippen LogP contribution is 2.34. The SMILES string of the molecule is CCCCCCNC(=O)C[C@H](c1ccc(C)cc1)c1cn(C)c2ccccc12. The van der Waals surface area contributed by atoms with E-state index in [1.165, 1.54) is 46.9 Å². The molecule has 0 saturated carbocycles. The molecule has 0 saturated heterocycles. The number of rotatable bonds is 9. The van der Waals surface area contributed by atoms with Crippen LogP contribution in [0.15, 0.2) is 54.7 Å². The number of carbonyl (C=O) groups is 1. The first-order valence-electron chi connectivity index (χ1n) is 10.5. The van der Waals surface area contributed by atoms with Gasteiger partial charge in [-0.15, -0.1) is 0 Å². The van der Waals surface area contributed by atoms with Crippen molar-refractivity contribution in [2.45, 2.75) is 51.9 Å². The Morgan fingerprint density at radius 1 is 1.04 bits per heavy atom. The van der Waals surface area contributed by atoms with Gasteiger partial charge in [0.05, 0.1) is 0 Å². The summed E-state index contributed by atoms with van der Waals surface area (Å²) >= 11 is 0. The Hall–Kier alpha value is -2.55. The fraction of sp³-hybridized carbons (Fsp3) is 0.400. The molecule has 1 aromatic heterocycles. The van der Waals surface area contributed by atoms with Crippen molar-refractivity contribution in [1.82, 2.24) is 9.88 Å². The van der Waals surface area contributed by atoms with Gasteiger partial charge in [-0.2, -0.15) is 0 Å². The zero-order valence-corrected chi connectivity index (χ0v) is 17.4. The fourth-order valence-electron chi connectivity index (χ4n) is 3.89. The second kappa shape index (κ2) is 9.59. The van der Waals surface area contributed by atoms with Crippen LogP contribution in [0.25, 0.3) is 10.9 Å². The maximum Gasteiger partial charge on any atom is 0.220 e. The Morgan fingerprint density at radius 3 is 2.54 bits per heavy atom. The van der Waals surface area contributed by atoms with Crippen molar-refractivity contribution in [3.05, 3.63) is 71.4 Å². The molecule has 28 heavy (non-hydrogen) atoms. The van der Waals surface area contributed by atoms with Crippen LogP contribution in [-0.4, -0.2) is 17.0 Å². The standard InChI is InChI=1S/C25H32N2O/c1-4-5-6-9-16-26-25(28)17-22(20-14-12-19(2)13-15-20)23-18-27(3)24-11-8-7-10-21(23)24/h7-8,10-15,18,22H,4-6,9,16-17H2,1-3H3,(H,26,28)/t22-/m1/s1. The number of amides is 1. The van der Waals surface area contributed by atoms with Crippen LogP contribution in [-0.2, 0) is 11.8 Å². The van der Waals surface area contributed by atoms with Crippen molar-refractivity contribution in [2.24, 2.45) is 7.05 Å². The molecule has 2 aromatic carbocycles. The average Bonchev–Trinajstić information content (AvgIpc) is 3.03. The highest BCUT2D eigenvalue weighted by molar-refractivity contribution is 5.86. The number of fused-ring (bicyclic) bond motifs is 1. The first kappa shape index (κ1) is 20.2. The summed E-state index contributed by atoms with van der Waals surface area (Å²) in [5.41, 5.74) is 4.86. The van der Waals surface area contributed by atoms with Gasteiger partial charge in [-0.3, -0.25) is 4.79 Å². The van der Waals surface area contributed by atoms with E-state index in [1.807, 2.05) is 0 Å². The zero-order chi connectivity index (χ0) is 19.9. The number of para-hydroxylation sites is 1. The molecule has 3 heteroatoms. The van der Waals surface area contributed by atoms with Crippen molar-refractivity contribution in [2.75, 3.05) is 6.54 Å². The molecule has 0 aliphatic rings. The molecule has 0 spiro atoms. The normalized spacial score (nSPS) is 12.2. The highest BCUT2D eigenvalue weighted by atomic mass is 16.1. The molecular formula is C25H32N2O. The molecule has 1 N–H and O–H groups in total. The molecule has 1 atom stereocenters. The largest absolute Gasteiger partial charge is 0.356 e. The summed E-state index contributed by atoms with van der Waals surface area (Å²) in [6.45, 7) is 5.07. The van der Waals surface area contributed by atoms with Crippen LogP contribution in [0.3, 0.4) is 0 Å². The van der Waals surface area contributed by atoms with Crippen LogP contribution < -0.4 is 5.32 Å². The average molecular weight is 377 g/mol. The number of aromatic nitrogens is 1. The molecule has 3 nitrogen and oxygen atoms in total. The summed E-state index contributed by atoms with van der Waals surface area (Å²) in [5, 5.41) is 4.36. The highest BCUT2D eigenvalue weighted by Gasteiger charge is 2.22. The van der Waals surface area contributed by atoms with Crippen LogP contribution in [0.2, 0.25) is 0 Å². The van der Waals surface area contributed by atoms with Gasteiger partial charge in [0.25, 0.3) is 0 Å². The number of nitrogens with zero attached hydrogens (tertiary/aromatic N) is 1. The number of benzene rings is 2. The molecule has 3 aromatic rings. The number of hydrogen-bond donors (Lipinski definition) is 1. The number of nitrogens with one attached hydrogen (secondary N) is 1. The molecule has 1 heterocycles. The Kier molecular flexibility index (Phi) is 6.91. The maximum absolute atomic E-state index is 12.7. The smallest absolute Gasteiger partial charge is 0.220 e. The second-order valence-electron chi connectivity index (χ2n) is 7.79. The monoisotopic (exact) mass is 376 g/mol. The summed E-state index contributed by atoms with van der Waals surface area (Å²) in [7, 11) is 2.08. The van der Waals surface area contributed by atoms with Crippen LogP contribution in [0.4, 0.5) is 0 Å². The molecule has 0 aliphatic heterocycles. The Balaban J connectivity index is 1.84. The molecular weight excluding hydrogens is 344 g/mol. The third-order valence-electron chi connectivity index (χ3n) is 5.52. The first-order chi connectivity index (χ1) is 13.6. The summed E-state index contributed by atoms with van der Waals surface area (Å²) in [5.74, 6) is 0.192. The van der Waals surface area contributed by atoms with Gasteiger partial charge in [0.2, 0.25) is 5.91 Å². The maximum atomic E-state index is 12.7. The van der Waals surface area contributed by atoms with Gasteiger partial charge in [0, 0.05) is 43.0 Å². The third kappa shape index (κ3) is 4.83. The van der Waals surface area contributed by atoms with Gasteiger partial charge in [-0.25, -0.2) is 0 Å². The Morgan fingerprint density at radius 2 is 1.79 bits per heavy atom. The minimum absolute atomic E-state index is 0.0577. The molecule has 1 amide bonds. The Bertz CT molecular complexity index is 908. The van der Waals surface area contributed by atoms with Gasteiger partial charge < -0.3 is 9.88 Å². The lowest BCUT2D eigenvalue weighted by atomic mass is 9.87. The second-order valence-corrected chi connectivity index (χ2v) is 7.79. The summed E-state index contributed by atoms with van der Waals surface area (Å²) in [4.78, 5) is 12.7. The minimum Gasteiger partial charge on any atom is -0.356 e. The van der Waals surface area contributed by atoms with Crippen molar-refractivity contribution >= 4 is 16.8 Å². The summed E-state index contributed by atoms with van der Waals surface area (Å²) in [6.07, 6.45) is 7.35. The van der Waals surface area contributed by atoms with E-state index in [9.17, 15) is 4.79 Å². The fourth-order valence-corrected chi connectivity index (χ4v) is 3.89. The molecule has 0 bridgehead atoms. The number of hydrogen-bond acceptors (Lipinski definition) is 1. The lowest BCUT2D eigenvalue weighted by Crippen LogP contribution is -2.26. The van der Waals surface area contributed by atoms with E-state index in [0.29, 0.717) is 6.42 Å². The minimum atomic E-state index is 0.0577. The predicted molar refractivity (Wildman–Crippen MR) is 118 cm³/mol. The van der Waals surface area contributed by atoms with E-state index in [1.54, 1.807) is 0 Å². The molecule has 3 rings (SSSR count). The van der Waals surface area contributed by atoms with E-state index in [-0.39, 0.29) is 11.8 Å². The molecule has 0 unspecified atom stereocenters. The van der Waals surface area contributed by atoms with Gasteiger partial charge in [-0.05, 0) is 30.5 Å². The number of unbranched alkanes of at least 4 members (excludes halogenated alkanes) is 3. The van der Waals surface area contributed by atoms with E-state index in [4.69, 9.17) is 0 Å². The quantitative estimate of drug-likeness (QED) is 0.477. The summed E-state index contributed by atoms with van der Waals surface area (Å²) in [6, 6.07) is 17.0. The molecule has 148 valence electrons. The lowest BCUT2D eigenvalue weighted by Gasteiger charge is -2.17. The van der Waals surface area contributed by atoms with Gasteiger partial charge in [0.1, 0.15) is 0 Å². The topological polar surface area (TPSA) is 34.0 Å². The van der Waals surface area contributed by atoms with Crippen LogP contribution in [0.1, 0.15) is 61.6 Å². The van der Waals surface area contributed by atoms with E-state index < -0.39 is 0 Å². The zero-order valence-electron chi connectivity index (χ0n) is 17.4. The van der Waals surface area contributed by atoms with E-state index in [0.717, 1.165) is 13.0 Å². The van der Waals surface area contributed by atoms with Crippen molar-refractivity contribution in [3.63, 3.8) is 0 Å². The van der Waals surface area contributed by atoms with Crippen LogP contribution >= 0.6 is 0 Å². The molecule has 0 radical (unpaired) electrons. The first-order valence-corrected chi connectivity index (χ1v) is 10.5. The van der Waals surface area contributed by atoms with Gasteiger partial charge >= 0.3 is 0 Å². The number of aryl methyl sites for hydroxylation is 2. The van der Waals surface area contributed by atoms with Crippen molar-refractivity contribution < 1.29 is 4.79 Å². The third-order valence-corrected chi connectivity index (χ3v) is 5.52. The van der Waals surface area contributed by atoms with Crippen molar-refractivity contribution in [1.29, 1.82) is 0 Å². The Labute approximate surface area is 168 Å². The van der Waals surface area contributed by atoms with Gasteiger partial charge in [0.15, 0.2) is 0 Å². The predicted octanol–water partition coefficient (Wildman–Crippen LogP) is 5.71. The number of carbonyl (C=O) groups excluding carboxylic acids is 1. The lowest BCUT2D eigenvalue weighted by molar-refractivity contribution is -0.121. The van der Waals surface area contributed by atoms with Crippen molar-refractivity contribution in [3.8, 4) is 0 Å². The van der Waals surface area contributed by atoms with Gasteiger partial charge in [-0.1, -0.05) is 74.2 Å². The van der Waals surface area contributed by atoms with E-state index >= 15 is 0 Å². The summed E-state index contributed by atoms with van der Waals surface area (Å²) < 4.78 is 2.16. The van der Waals surface area contributed by atoms with E-state index in [2.05, 4.69) is 85.5 Å².